The van der Waals surface area contributed by atoms with E-state index in [0.717, 1.165) is 0 Å². The van der Waals surface area contributed by atoms with E-state index in [-0.39, 0.29) is 5.41 Å². The zero-order valence-electron chi connectivity index (χ0n) is 13.2. The highest BCUT2D eigenvalue weighted by Gasteiger charge is 2.22. The zero-order chi connectivity index (χ0) is 14.1. The SMILES string of the molecule is CSc1c(C(C)C)cc(C(C)C)cc1C(C)(C)C. The molecule has 0 fully saturated rings. The highest BCUT2D eigenvalue weighted by atomic mass is 32.2. The normalized spacial score (nSPS) is 12.6. The molecule has 0 radical (unpaired) electrons. The Morgan fingerprint density at radius 1 is 0.944 bits per heavy atom. The van der Waals surface area contributed by atoms with E-state index in [4.69, 9.17) is 0 Å². The Hall–Kier alpha value is -0.430. The predicted octanol–water partition coefficient (Wildman–Crippen LogP) is 5.95. The summed E-state index contributed by atoms with van der Waals surface area (Å²) < 4.78 is 0. The summed E-state index contributed by atoms with van der Waals surface area (Å²) in [4.78, 5) is 1.49. The fourth-order valence-electron chi connectivity index (χ4n) is 2.22. The van der Waals surface area contributed by atoms with Gasteiger partial charge in [0.1, 0.15) is 0 Å². The predicted molar refractivity (Wildman–Crippen MR) is 85.1 cm³/mol. The van der Waals surface area contributed by atoms with E-state index in [2.05, 4.69) is 66.9 Å². The van der Waals surface area contributed by atoms with Crippen LogP contribution in [0.4, 0.5) is 0 Å². The summed E-state index contributed by atoms with van der Waals surface area (Å²) in [5.74, 6) is 1.19. The number of benzene rings is 1. The van der Waals surface area contributed by atoms with Crippen molar-refractivity contribution < 1.29 is 0 Å². The summed E-state index contributed by atoms with van der Waals surface area (Å²) in [5, 5.41) is 0. The molecule has 1 aromatic carbocycles. The number of rotatable bonds is 3. The monoisotopic (exact) mass is 264 g/mol. The maximum atomic E-state index is 2.42. The van der Waals surface area contributed by atoms with Gasteiger partial charge in [0.25, 0.3) is 0 Å². The van der Waals surface area contributed by atoms with E-state index < -0.39 is 0 Å². The summed E-state index contributed by atoms with van der Waals surface area (Å²) in [6.45, 7) is 16.1. The molecule has 0 spiro atoms. The van der Waals surface area contributed by atoms with Gasteiger partial charge in [0.15, 0.2) is 0 Å². The fourth-order valence-corrected chi connectivity index (χ4v) is 3.34. The van der Waals surface area contributed by atoms with Gasteiger partial charge in [-0.15, -0.1) is 11.8 Å². The lowest BCUT2D eigenvalue weighted by Gasteiger charge is -2.27. The van der Waals surface area contributed by atoms with E-state index >= 15 is 0 Å². The van der Waals surface area contributed by atoms with Crippen LogP contribution in [0.3, 0.4) is 0 Å². The van der Waals surface area contributed by atoms with Crippen LogP contribution < -0.4 is 0 Å². The minimum Gasteiger partial charge on any atom is -0.129 e. The molecule has 0 heterocycles. The highest BCUT2D eigenvalue weighted by Crippen LogP contribution is 2.39. The molecule has 0 saturated carbocycles. The Bertz CT molecular complexity index is 408. The molecule has 0 aliphatic heterocycles. The Morgan fingerprint density at radius 3 is 1.83 bits per heavy atom. The molecular weight excluding hydrogens is 236 g/mol. The minimum absolute atomic E-state index is 0.215. The van der Waals surface area contributed by atoms with Crippen LogP contribution in [0.15, 0.2) is 17.0 Å². The summed E-state index contributed by atoms with van der Waals surface area (Å²) >= 11 is 1.90. The summed E-state index contributed by atoms with van der Waals surface area (Å²) in [6, 6.07) is 4.83. The summed E-state index contributed by atoms with van der Waals surface area (Å²) in [6.07, 6.45) is 2.20. The van der Waals surface area contributed by atoms with Gasteiger partial charge >= 0.3 is 0 Å². The summed E-state index contributed by atoms with van der Waals surface area (Å²) in [7, 11) is 0. The van der Waals surface area contributed by atoms with Crippen molar-refractivity contribution in [2.45, 2.75) is 70.6 Å². The first-order chi connectivity index (χ1) is 8.18. The molecule has 0 aliphatic rings. The van der Waals surface area contributed by atoms with E-state index in [0.29, 0.717) is 11.8 Å². The van der Waals surface area contributed by atoms with Crippen LogP contribution in [0.5, 0.6) is 0 Å². The lowest BCUT2D eigenvalue weighted by Crippen LogP contribution is -2.15. The van der Waals surface area contributed by atoms with Crippen molar-refractivity contribution in [3.8, 4) is 0 Å². The van der Waals surface area contributed by atoms with Crippen LogP contribution in [0, 0.1) is 0 Å². The van der Waals surface area contributed by atoms with Crippen molar-refractivity contribution in [2.75, 3.05) is 6.26 Å². The maximum absolute atomic E-state index is 2.42. The van der Waals surface area contributed by atoms with Crippen molar-refractivity contribution in [1.82, 2.24) is 0 Å². The van der Waals surface area contributed by atoms with Gasteiger partial charge in [-0.1, -0.05) is 60.6 Å². The van der Waals surface area contributed by atoms with Crippen LogP contribution in [0.2, 0.25) is 0 Å². The van der Waals surface area contributed by atoms with Crippen LogP contribution in [-0.4, -0.2) is 6.26 Å². The van der Waals surface area contributed by atoms with Crippen LogP contribution in [-0.2, 0) is 5.41 Å². The smallest absolute Gasteiger partial charge is 0.0141 e. The first kappa shape index (κ1) is 15.6. The Morgan fingerprint density at radius 2 is 1.50 bits per heavy atom. The van der Waals surface area contributed by atoms with Crippen LogP contribution in [0.25, 0.3) is 0 Å². The third kappa shape index (κ3) is 3.32. The first-order valence-corrected chi connectivity index (χ1v) is 8.13. The van der Waals surface area contributed by atoms with Gasteiger partial charge in [-0.25, -0.2) is 0 Å². The van der Waals surface area contributed by atoms with Crippen molar-refractivity contribution >= 4 is 11.8 Å². The molecular formula is C17H28S. The van der Waals surface area contributed by atoms with Gasteiger partial charge in [-0.05, 0) is 40.2 Å². The van der Waals surface area contributed by atoms with Gasteiger partial charge < -0.3 is 0 Å². The fraction of sp³-hybridized carbons (Fsp3) is 0.647. The molecule has 1 rings (SSSR count). The molecule has 0 nitrogen and oxygen atoms in total. The maximum Gasteiger partial charge on any atom is 0.0141 e. The molecule has 1 aromatic rings. The summed E-state index contributed by atoms with van der Waals surface area (Å²) in [5.41, 5.74) is 4.71. The van der Waals surface area contributed by atoms with Gasteiger partial charge in [0.2, 0.25) is 0 Å². The average molecular weight is 264 g/mol. The largest absolute Gasteiger partial charge is 0.129 e. The minimum atomic E-state index is 0.215. The average Bonchev–Trinajstić information content (AvgIpc) is 2.25. The number of hydrogen-bond acceptors (Lipinski definition) is 1. The Labute approximate surface area is 118 Å². The molecule has 1 heteroatoms. The standard InChI is InChI=1S/C17H28S/c1-11(2)13-9-14(12(3)4)16(18-8)15(10-13)17(5,6)7/h9-12H,1-8H3. The van der Waals surface area contributed by atoms with Gasteiger partial charge in [0, 0.05) is 4.90 Å². The zero-order valence-corrected chi connectivity index (χ0v) is 14.0. The highest BCUT2D eigenvalue weighted by molar-refractivity contribution is 7.98. The van der Waals surface area contributed by atoms with Crippen molar-refractivity contribution in [3.63, 3.8) is 0 Å². The van der Waals surface area contributed by atoms with E-state index in [9.17, 15) is 0 Å². The van der Waals surface area contributed by atoms with E-state index in [1.807, 2.05) is 11.8 Å². The van der Waals surface area contributed by atoms with Crippen LogP contribution >= 0.6 is 11.8 Å². The molecule has 0 aromatic heterocycles. The van der Waals surface area contributed by atoms with E-state index in [1.54, 1.807) is 0 Å². The van der Waals surface area contributed by atoms with Crippen LogP contribution in [0.1, 0.15) is 77.0 Å². The quantitative estimate of drug-likeness (QED) is 0.608. The molecule has 0 atom stereocenters. The Balaban J connectivity index is 3.56. The second-order valence-electron chi connectivity index (χ2n) is 6.75. The number of thioether (sulfide) groups is 1. The molecule has 18 heavy (non-hydrogen) atoms. The third-order valence-electron chi connectivity index (χ3n) is 3.44. The molecule has 0 N–H and O–H groups in total. The lowest BCUT2D eigenvalue weighted by molar-refractivity contribution is 0.572. The third-order valence-corrected chi connectivity index (χ3v) is 4.30. The van der Waals surface area contributed by atoms with Gasteiger partial charge in [-0.2, -0.15) is 0 Å². The molecule has 0 saturated heterocycles. The van der Waals surface area contributed by atoms with Gasteiger partial charge in [0.05, 0.1) is 0 Å². The topological polar surface area (TPSA) is 0 Å². The number of hydrogen-bond donors (Lipinski definition) is 0. The Kier molecular flexibility index (Phi) is 4.94. The second-order valence-corrected chi connectivity index (χ2v) is 7.57. The molecule has 0 amide bonds. The first-order valence-electron chi connectivity index (χ1n) is 6.90. The lowest BCUT2D eigenvalue weighted by atomic mass is 9.82. The van der Waals surface area contributed by atoms with Gasteiger partial charge in [-0.3, -0.25) is 0 Å². The van der Waals surface area contributed by atoms with E-state index in [1.165, 1.54) is 21.6 Å². The van der Waals surface area contributed by atoms with Crippen molar-refractivity contribution in [1.29, 1.82) is 0 Å². The molecule has 0 aliphatic carbocycles. The van der Waals surface area contributed by atoms with Crippen molar-refractivity contribution in [3.05, 3.63) is 28.8 Å². The second kappa shape index (κ2) is 5.69. The molecule has 0 unspecified atom stereocenters. The molecule has 102 valence electrons. The molecule has 0 bridgehead atoms. The van der Waals surface area contributed by atoms with Crippen molar-refractivity contribution in [2.24, 2.45) is 0 Å².